The molecule has 0 radical (unpaired) electrons. The van der Waals surface area contributed by atoms with E-state index >= 15 is 0 Å². The molecule has 1 aromatic rings. The Labute approximate surface area is 120 Å². The number of hydrogen-bond acceptors (Lipinski definition) is 3. The highest BCUT2D eigenvalue weighted by atomic mass is 16.5. The quantitative estimate of drug-likeness (QED) is 0.662. The number of ether oxygens (including phenoxy) is 1. The van der Waals surface area contributed by atoms with E-state index in [0.717, 1.165) is 12.1 Å². The van der Waals surface area contributed by atoms with Crippen molar-refractivity contribution in [2.24, 2.45) is 5.92 Å². The molecule has 0 aromatic heterocycles. The summed E-state index contributed by atoms with van der Waals surface area (Å²) in [6, 6.07) is 4.05. The summed E-state index contributed by atoms with van der Waals surface area (Å²) in [4.78, 5) is 12.2. The lowest BCUT2D eigenvalue weighted by atomic mass is 9.77. The molecule has 1 aliphatic heterocycles. The van der Waals surface area contributed by atoms with Crippen LogP contribution in [-0.2, 0) is 9.53 Å². The van der Waals surface area contributed by atoms with E-state index in [1.165, 1.54) is 16.7 Å². The zero-order valence-electron chi connectivity index (χ0n) is 12.3. The van der Waals surface area contributed by atoms with E-state index in [4.69, 9.17) is 4.74 Å². The number of carbonyl (C=O) groups is 1. The number of aryl methyl sites for hydroxylation is 2. The lowest BCUT2D eigenvalue weighted by Gasteiger charge is -2.37. The van der Waals surface area contributed by atoms with E-state index in [0.29, 0.717) is 12.5 Å². The summed E-state index contributed by atoms with van der Waals surface area (Å²) < 4.78 is 5.25. The number of esters is 1. The molecule has 0 unspecified atom stereocenters. The predicted molar refractivity (Wildman–Crippen MR) is 79.9 cm³/mol. The van der Waals surface area contributed by atoms with Gasteiger partial charge in [0.25, 0.3) is 0 Å². The predicted octanol–water partition coefficient (Wildman–Crippen LogP) is 3.32. The molecular formula is C17H21NO2. The molecule has 1 N–H and O–H groups in total. The van der Waals surface area contributed by atoms with Crippen molar-refractivity contribution >= 4 is 11.7 Å². The molecule has 3 atom stereocenters. The minimum absolute atomic E-state index is 0.127. The Hall–Kier alpha value is -1.77. The Morgan fingerprint density at radius 2 is 2.10 bits per heavy atom. The second kappa shape index (κ2) is 4.97. The van der Waals surface area contributed by atoms with Crippen LogP contribution in [0.2, 0.25) is 0 Å². The number of benzene rings is 1. The normalized spacial score (nSPS) is 26.6. The minimum Gasteiger partial charge on any atom is -0.464 e. The van der Waals surface area contributed by atoms with Gasteiger partial charge in [-0.1, -0.05) is 24.3 Å². The number of rotatable bonds is 2. The van der Waals surface area contributed by atoms with Crippen molar-refractivity contribution in [2.45, 2.75) is 39.2 Å². The van der Waals surface area contributed by atoms with E-state index in [-0.39, 0.29) is 17.9 Å². The molecule has 3 heteroatoms. The van der Waals surface area contributed by atoms with Crippen molar-refractivity contribution in [1.29, 1.82) is 0 Å². The summed E-state index contributed by atoms with van der Waals surface area (Å²) >= 11 is 0. The molecule has 3 rings (SSSR count). The zero-order valence-corrected chi connectivity index (χ0v) is 12.3. The van der Waals surface area contributed by atoms with Crippen molar-refractivity contribution in [1.82, 2.24) is 0 Å². The van der Waals surface area contributed by atoms with Gasteiger partial charge < -0.3 is 10.1 Å². The topological polar surface area (TPSA) is 38.3 Å². The largest absolute Gasteiger partial charge is 0.464 e. The van der Waals surface area contributed by atoms with Crippen LogP contribution < -0.4 is 5.32 Å². The molecule has 1 aromatic carbocycles. The average Bonchev–Trinajstić information content (AvgIpc) is 2.91. The van der Waals surface area contributed by atoms with E-state index in [1.807, 2.05) is 6.92 Å². The van der Waals surface area contributed by atoms with Crippen molar-refractivity contribution in [3.63, 3.8) is 0 Å². The van der Waals surface area contributed by atoms with Crippen molar-refractivity contribution < 1.29 is 9.53 Å². The molecule has 0 amide bonds. The maximum atomic E-state index is 12.2. The van der Waals surface area contributed by atoms with Gasteiger partial charge >= 0.3 is 5.97 Å². The van der Waals surface area contributed by atoms with E-state index in [2.05, 4.69) is 43.4 Å². The van der Waals surface area contributed by atoms with Gasteiger partial charge in [0.2, 0.25) is 0 Å². The molecule has 0 bridgehead atoms. The Morgan fingerprint density at radius 1 is 1.35 bits per heavy atom. The van der Waals surface area contributed by atoms with Gasteiger partial charge in [-0.15, -0.1) is 0 Å². The highest BCUT2D eigenvalue weighted by Crippen LogP contribution is 2.47. The Bertz CT molecular complexity index is 577. The van der Waals surface area contributed by atoms with Crippen LogP contribution in [0.3, 0.4) is 0 Å². The highest BCUT2D eigenvalue weighted by Gasteiger charge is 2.42. The van der Waals surface area contributed by atoms with Gasteiger partial charge in [0.05, 0.1) is 6.61 Å². The van der Waals surface area contributed by atoms with Gasteiger partial charge in [-0.2, -0.15) is 0 Å². The van der Waals surface area contributed by atoms with Gasteiger partial charge in [-0.3, -0.25) is 0 Å². The number of allylic oxidation sites excluding steroid dienone is 2. The minimum atomic E-state index is -0.233. The molecule has 1 heterocycles. The van der Waals surface area contributed by atoms with Gasteiger partial charge in [0.1, 0.15) is 6.04 Å². The third-order valence-electron chi connectivity index (χ3n) is 4.49. The van der Waals surface area contributed by atoms with E-state index in [1.54, 1.807) is 0 Å². The number of hydrogen-bond donors (Lipinski definition) is 1. The van der Waals surface area contributed by atoms with E-state index < -0.39 is 0 Å². The van der Waals surface area contributed by atoms with Crippen LogP contribution >= 0.6 is 0 Å². The van der Waals surface area contributed by atoms with Crippen LogP contribution in [-0.4, -0.2) is 18.6 Å². The molecule has 20 heavy (non-hydrogen) atoms. The molecule has 0 fully saturated rings. The maximum absolute atomic E-state index is 12.2. The molecule has 0 spiro atoms. The maximum Gasteiger partial charge on any atom is 0.328 e. The fourth-order valence-electron chi connectivity index (χ4n) is 3.51. The zero-order chi connectivity index (χ0) is 14.3. The first-order valence-electron chi connectivity index (χ1n) is 7.33. The standard InChI is InChI=1S/C17H21NO2/c1-4-20-17(19)16-13-7-5-6-12(13)14-10(2)8-9-11(3)15(14)18-16/h5-6,8-9,12-13,16,18H,4,7H2,1-3H3/t12-,13+,16-/m1/s1. The molecular weight excluding hydrogens is 250 g/mol. The lowest BCUT2D eigenvalue weighted by molar-refractivity contribution is -0.145. The number of carbonyl (C=O) groups excluding carboxylic acids is 1. The molecule has 2 aliphatic rings. The molecule has 1 aliphatic carbocycles. The monoisotopic (exact) mass is 271 g/mol. The summed E-state index contributed by atoms with van der Waals surface area (Å²) in [5.41, 5.74) is 4.96. The van der Waals surface area contributed by atoms with Crippen molar-refractivity contribution in [3.8, 4) is 0 Å². The van der Waals surface area contributed by atoms with Crippen molar-refractivity contribution in [2.75, 3.05) is 11.9 Å². The third-order valence-corrected chi connectivity index (χ3v) is 4.49. The van der Waals surface area contributed by atoms with Crippen molar-refractivity contribution in [3.05, 3.63) is 41.0 Å². The van der Waals surface area contributed by atoms with Gasteiger partial charge in [0.15, 0.2) is 0 Å². The SMILES string of the molecule is CCOC(=O)[C@@H]1Nc2c(C)ccc(C)c2[C@@H]2C=CC[C@H]12. The fourth-order valence-corrected chi connectivity index (χ4v) is 3.51. The molecule has 106 valence electrons. The summed E-state index contributed by atoms with van der Waals surface area (Å²) in [6.45, 7) is 6.52. The molecule has 0 saturated carbocycles. The van der Waals surface area contributed by atoms with Crippen LogP contribution in [0.5, 0.6) is 0 Å². The smallest absolute Gasteiger partial charge is 0.328 e. The summed E-state index contributed by atoms with van der Waals surface area (Å²) in [7, 11) is 0. The second-order valence-electron chi connectivity index (χ2n) is 5.72. The van der Waals surface area contributed by atoms with Crippen LogP contribution in [0.15, 0.2) is 24.3 Å². The van der Waals surface area contributed by atoms with Crippen LogP contribution in [0.1, 0.15) is 36.0 Å². The first-order valence-corrected chi connectivity index (χ1v) is 7.33. The Morgan fingerprint density at radius 3 is 2.85 bits per heavy atom. The summed E-state index contributed by atoms with van der Waals surface area (Å²) in [5.74, 6) is 0.486. The fraction of sp³-hybridized carbons (Fsp3) is 0.471. The van der Waals surface area contributed by atoms with Crippen LogP contribution in [0, 0.1) is 19.8 Å². The molecule has 0 saturated heterocycles. The van der Waals surface area contributed by atoms with Crippen LogP contribution in [0.4, 0.5) is 5.69 Å². The van der Waals surface area contributed by atoms with Gasteiger partial charge in [-0.25, -0.2) is 4.79 Å². The first-order chi connectivity index (χ1) is 9.63. The van der Waals surface area contributed by atoms with Crippen LogP contribution in [0.25, 0.3) is 0 Å². The van der Waals surface area contributed by atoms with E-state index in [9.17, 15) is 4.79 Å². The van der Waals surface area contributed by atoms with Gasteiger partial charge in [0, 0.05) is 17.5 Å². The lowest BCUT2D eigenvalue weighted by Crippen LogP contribution is -2.43. The highest BCUT2D eigenvalue weighted by molar-refractivity contribution is 5.83. The average molecular weight is 271 g/mol. The summed E-state index contributed by atoms with van der Waals surface area (Å²) in [5, 5.41) is 3.45. The number of anilines is 1. The number of nitrogens with one attached hydrogen (secondary N) is 1. The van der Waals surface area contributed by atoms with Gasteiger partial charge in [-0.05, 0) is 43.9 Å². The Balaban J connectivity index is 2.05. The second-order valence-corrected chi connectivity index (χ2v) is 5.72. The Kier molecular flexibility index (Phi) is 3.28. The summed E-state index contributed by atoms with van der Waals surface area (Å²) in [6.07, 6.45) is 5.39. The third kappa shape index (κ3) is 1.92. The molecule has 3 nitrogen and oxygen atoms in total. The first kappa shape index (κ1) is 13.2. The number of fused-ring (bicyclic) bond motifs is 3.